The van der Waals surface area contributed by atoms with Crippen LogP contribution in [0.15, 0.2) is 71.7 Å². The van der Waals surface area contributed by atoms with Crippen LogP contribution in [0.3, 0.4) is 0 Å². The number of halogens is 2. The van der Waals surface area contributed by atoms with Gasteiger partial charge in [0.2, 0.25) is 0 Å². The first-order valence-corrected chi connectivity index (χ1v) is 14.5. The number of esters is 1. The molecule has 3 aromatic rings. The Hall–Kier alpha value is -3.29. The Morgan fingerprint density at radius 2 is 1.93 bits per heavy atom. The summed E-state index contributed by atoms with van der Waals surface area (Å²) in [7, 11) is -4.30. The average Bonchev–Trinajstić information content (AvgIpc) is 3.20. The largest absolute Gasteiger partial charge is 0.460 e. The summed E-state index contributed by atoms with van der Waals surface area (Å²) in [5.74, 6) is -1.10. The number of aliphatic hydroxyl groups is 1. The Labute approximate surface area is 232 Å². The molecule has 11 nitrogen and oxygen atoms in total. The number of rotatable bonds is 11. The van der Waals surface area contributed by atoms with Crippen LogP contribution in [-0.4, -0.2) is 50.8 Å². The number of carbonyl (C=O) groups excluding carboxylic acids is 1. The number of nitrogens with two attached hydrogens (primary N) is 1. The van der Waals surface area contributed by atoms with E-state index >= 15 is 0 Å². The van der Waals surface area contributed by atoms with E-state index in [0.717, 1.165) is 16.3 Å². The van der Waals surface area contributed by atoms with Crippen molar-refractivity contribution in [3.63, 3.8) is 0 Å². The van der Waals surface area contributed by atoms with Crippen LogP contribution in [0.1, 0.15) is 17.9 Å². The SMILES string of the molecule is CC(NP(=O)(OC[C@H]1S[C@@H](n2ccc(N)nc2=O)[C@@H](F)[C@@H]1O)Oc1ccccc1)C(=O)OCc1ccc(F)cc1. The van der Waals surface area contributed by atoms with Crippen LogP contribution in [0.2, 0.25) is 0 Å². The van der Waals surface area contributed by atoms with E-state index in [2.05, 4.69) is 10.1 Å². The number of nitrogens with one attached hydrogen (secondary N) is 1. The van der Waals surface area contributed by atoms with Gasteiger partial charge in [-0.3, -0.25) is 13.9 Å². The van der Waals surface area contributed by atoms with E-state index in [1.165, 1.54) is 55.6 Å². The molecule has 40 heavy (non-hydrogen) atoms. The number of alkyl halides is 1. The van der Waals surface area contributed by atoms with E-state index in [9.17, 15) is 28.0 Å². The molecule has 2 unspecified atom stereocenters. The number of aliphatic hydroxyl groups excluding tert-OH is 1. The third-order valence-corrected chi connectivity index (χ3v) is 8.97. The topological polar surface area (TPSA) is 155 Å². The minimum Gasteiger partial charge on any atom is -0.460 e. The number of benzene rings is 2. The number of aromatic nitrogens is 2. The van der Waals surface area contributed by atoms with Crippen LogP contribution in [0.4, 0.5) is 14.6 Å². The lowest BCUT2D eigenvalue weighted by Gasteiger charge is -2.24. The Morgan fingerprint density at radius 3 is 2.60 bits per heavy atom. The maximum absolute atomic E-state index is 15.0. The van der Waals surface area contributed by atoms with Crippen molar-refractivity contribution in [2.45, 2.75) is 42.5 Å². The minimum absolute atomic E-state index is 0.0320. The van der Waals surface area contributed by atoms with Crippen molar-refractivity contribution >= 4 is 31.3 Å². The Kier molecular flexibility index (Phi) is 9.59. The molecule has 2 heterocycles. The van der Waals surface area contributed by atoms with Gasteiger partial charge in [-0.1, -0.05) is 30.3 Å². The molecule has 1 fully saturated rings. The maximum Gasteiger partial charge on any atom is 0.459 e. The number of hydrogen-bond donors (Lipinski definition) is 3. The second-order valence-corrected chi connectivity index (χ2v) is 11.9. The number of carbonyl (C=O) groups is 1. The van der Waals surface area contributed by atoms with Crippen LogP contribution < -0.4 is 21.0 Å². The van der Waals surface area contributed by atoms with Crippen molar-refractivity contribution in [1.29, 1.82) is 0 Å². The molecule has 0 aliphatic carbocycles. The van der Waals surface area contributed by atoms with Crippen LogP contribution in [0.5, 0.6) is 5.75 Å². The molecule has 1 aliphatic rings. The van der Waals surface area contributed by atoms with Crippen molar-refractivity contribution in [3.8, 4) is 5.75 Å². The van der Waals surface area contributed by atoms with Crippen LogP contribution in [-0.2, 0) is 25.2 Å². The van der Waals surface area contributed by atoms with E-state index in [1.807, 2.05) is 0 Å². The first-order valence-electron chi connectivity index (χ1n) is 12.0. The number of para-hydroxylation sites is 1. The molecular formula is C25H27F2N4O7PS. The van der Waals surface area contributed by atoms with Gasteiger partial charge >= 0.3 is 19.4 Å². The summed E-state index contributed by atoms with van der Waals surface area (Å²) < 4.78 is 59.2. The van der Waals surface area contributed by atoms with Gasteiger partial charge in [0.15, 0.2) is 6.17 Å². The van der Waals surface area contributed by atoms with Gasteiger partial charge in [-0.15, -0.1) is 11.8 Å². The second-order valence-electron chi connectivity index (χ2n) is 8.82. The smallest absolute Gasteiger partial charge is 0.459 e. The number of ether oxygens (including phenoxy) is 1. The molecule has 0 amide bonds. The molecule has 1 aliphatic heterocycles. The van der Waals surface area contributed by atoms with Crippen LogP contribution >= 0.6 is 19.5 Å². The van der Waals surface area contributed by atoms with Gasteiger partial charge in [0.05, 0.1) is 11.9 Å². The van der Waals surface area contributed by atoms with Crippen LogP contribution in [0.25, 0.3) is 0 Å². The van der Waals surface area contributed by atoms with E-state index in [4.69, 9.17) is 19.5 Å². The predicted octanol–water partition coefficient (Wildman–Crippen LogP) is 3.20. The number of hydrogen-bond acceptors (Lipinski definition) is 10. The lowest BCUT2D eigenvalue weighted by atomic mass is 10.1. The minimum atomic E-state index is -4.30. The summed E-state index contributed by atoms with van der Waals surface area (Å²) in [5.41, 5.74) is 5.25. The van der Waals surface area contributed by atoms with Crippen molar-refractivity contribution in [2.24, 2.45) is 0 Å². The van der Waals surface area contributed by atoms with E-state index in [1.54, 1.807) is 18.2 Å². The summed E-state index contributed by atoms with van der Waals surface area (Å²) in [6, 6.07) is 13.5. The number of nitrogens with zero attached hydrogens (tertiary/aromatic N) is 2. The third kappa shape index (κ3) is 7.46. The van der Waals surface area contributed by atoms with Gasteiger partial charge in [0.25, 0.3) is 0 Å². The average molecular weight is 597 g/mol. The highest BCUT2D eigenvalue weighted by Crippen LogP contribution is 2.48. The molecule has 0 spiro atoms. The van der Waals surface area contributed by atoms with E-state index in [-0.39, 0.29) is 18.2 Å². The zero-order valence-corrected chi connectivity index (χ0v) is 22.8. The van der Waals surface area contributed by atoms with Crippen molar-refractivity contribution in [2.75, 3.05) is 12.3 Å². The van der Waals surface area contributed by atoms with Crippen molar-refractivity contribution in [3.05, 3.63) is 88.7 Å². The first kappa shape index (κ1) is 29.7. The van der Waals surface area contributed by atoms with Gasteiger partial charge < -0.3 is 20.1 Å². The molecule has 15 heteroatoms. The van der Waals surface area contributed by atoms with Gasteiger partial charge in [0, 0.05) is 6.20 Å². The van der Waals surface area contributed by atoms with Crippen molar-refractivity contribution < 1.29 is 37.0 Å². The molecule has 0 bridgehead atoms. The highest BCUT2D eigenvalue weighted by atomic mass is 32.2. The molecular weight excluding hydrogens is 569 g/mol. The highest BCUT2D eigenvalue weighted by Gasteiger charge is 2.46. The summed E-state index contributed by atoms with van der Waals surface area (Å²) in [5, 5.41) is 10.9. The maximum atomic E-state index is 15.0. The molecule has 2 aromatic carbocycles. The fourth-order valence-electron chi connectivity index (χ4n) is 3.72. The Morgan fingerprint density at radius 1 is 1.23 bits per heavy atom. The lowest BCUT2D eigenvalue weighted by Crippen LogP contribution is -2.36. The summed E-state index contributed by atoms with van der Waals surface area (Å²) in [6.07, 6.45) is -2.18. The Bertz CT molecular complexity index is 1420. The second kappa shape index (κ2) is 12.9. The predicted molar refractivity (Wildman–Crippen MR) is 144 cm³/mol. The number of anilines is 1. The molecule has 0 saturated carbocycles. The monoisotopic (exact) mass is 596 g/mol. The first-order chi connectivity index (χ1) is 19.0. The summed E-state index contributed by atoms with van der Waals surface area (Å²) >= 11 is 0.888. The fraction of sp³-hybridized carbons (Fsp3) is 0.320. The fourth-order valence-corrected chi connectivity index (χ4v) is 6.75. The van der Waals surface area contributed by atoms with Crippen molar-refractivity contribution in [1.82, 2.24) is 14.6 Å². The number of nitrogen functional groups attached to an aromatic ring is 1. The molecule has 4 rings (SSSR count). The van der Waals surface area contributed by atoms with Gasteiger partial charge in [-0.2, -0.15) is 10.1 Å². The Balaban J connectivity index is 1.44. The van der Waals surface area contributed by atoms with Gasteiger partial charge in [-0.05, 0) is 42.8 Å². The van der Waals surface area contributed by atoms with E-state index < -0.39 is 60.8 Å². The third-order valence-electron chi connectivity index (χ3n) is 5.80. The summed E-state index contributed by atoms with van der Waals surface area (Å²) in [6.45, 7) is 0.762. The number of thioether (sulfide) groups is 1. The van der Waals surface area contributed by atoms with Gasteiger partial charge in [0.1, 0.15) is 41.5 Å². The quantitative estimate of drug-likeness (QED) is 0.221. The molecule has 6 atom stereocenters. The normalized spacial score (nSPS) is 22.8. The molecule has 1 aromatic heterocycles. The molecule has 1 saturated heterocycles. The zero-order chi connectivity index (χ0) is 28.9. The summed E-state index contributed by atoms with van der Waals surface area (Å²) in [4.78, 5) is 28.4. The van der Waals surface area contributed by atoms with E-state index in [0.29, 0.717) is 5.56 Å². The molecule has 214 valence electrons. The lowest BCUT2D eigenvalue weighted by molar-refractivity contribution is -0.146. The highest BCUT2D eigenvalue weighted by molar-refractivity contribution is 8.00. The van der Waals surface area contributed by atoms with Gasteiger partial charge in [-0.25, -0.2) is 18.1 Å². The van der Waals surface area contributed by atoms with Crippen LogP contribution in [0, 0.1) is 5.82 Å². The molecule has 0 radical (unpaired) electrons. The zero-order valence-electron chi connectivity index (χ0n) is 21.1. The molecule has 4 N–H and O–H groups in total. The standard InChI is InChI=1S/C25H27F2N4O7PS/c1-15(24(33)36-13-16-7-9-17(26)10-8-16)30-39(35,38-18-5-3-2-4-6-18)37-14-19-22(32)21(27)23(40-19)31-12-11-20(28)29-25(31)34/h2-12,15,19,21-23,32H,13-14H2,1H3,(H,30,35)(H2,28,29,34)/t15?,19-,21+,22-,23-,39?/m1/s1.